The first kappa shape index (κ1) is 10.8. The van der Waals surface area contributed by atoms with E-state index < -0.39 is 5.97 Å². The molecule has 0 aromatic heterocycles. The van der Waals surface area contributed by atoms with Crippen molar-refractivity contribution in [2.75, 3.05) is 6.26 Å². The highest BCUT2D eigenvalue weighted by Crippen LogP contribution is 2.23. The Hall–Kier alpha value is -1.29. The van der Waals surface area contributed by atoms with Crippen molar-refractivity contribution < 1.29 is 14.7 Å². The molecule has 1 aromatic rings. The van der Waals surface area contributed by atoms with E-state index in [0.717, 1.165) is 11.2 Å². The number of carboxylic acid groups (broad SMARTS) is 1. The summed E-state index contributed by atoms with van der Waals surface area (Å²) in [5, 5.41) is 8.89. The lowest BCUT2D eigenvalue weighted by atomic mass is 10.1. The van der Waals surface area contributed by atoms with Crippen molar-refractivity contribution in [2.45, 2.75) is 11.3 Å². The molecular formula is C10H10O3S. The van der Waals surface area contributed by atoms with Crippen molar-refractivity contribution >= 4 is 24.0 Å². The first-order valence-electron chi connectivity index (χ1n) is 4.03. The van der Waals surface area contributed by atoms with Gasteiger partial charge in [0.05, 0.1) is 5.56 Å². The van der Waals surface area contributed by atoms with E-state index in [1.165, 1.54) is 17.8 Å². The number of rotatable bonds is 4. The molecule has 0 aliphatic carbocycles. The smallest absolute Gasteiger partial charge is 0.336 e. The van der Waals surface area contributed by atoms with Crippen LogP contribution in [0.15, 0.2) is 23.1 Å². The maximum absolute atomic E-state index is 10.8. The van der Waals surface area contributed by atoms with Crippen molar-refractivity contribution in [1.82, 2.24) is 0 Å². The minimum absolute atomic E-state index is 0.151. The second-order valence-electron chi connectivity index (χ2n) is 2.66. The summed E-state index contributed by atoms with van der Waals surface area (Å²) in [6, 6.07) is 5.01. The molecule has 14 heavy (non-hydrogen) atoms. The van der Waals surface area contributed by atoms with Gasteiger partial charge in [-0.1, -0.05) is 6.07 Å². The van der Waals surface area contributed by atoms with Gasteiger partial charge >= 0.3 is 5.97 Å². The molecule has 0 aliphatic heterocycles. The summed E-state index contributed by atoms with van der Waals surface area (Å²) in [6.07, 6.45) is 2.73. The van der Waals surface area contributed by atoms with Crippen LogP contribution in [0.25, 0.3) is 0 Å². The van der Waals surface area contributed by atoms with Crippen molar-refractivity contribution in [3.8, 4) is 0 Å². The van der Waals surface area contributed by atoms with Crippen LogP contribution in [0, 0.1) is 0 Å². The van der Waals surface area contributed by atoms with Gasteiger partial charge in [-0.25, -0.2) is 4.79 Å². The van der Waals surface area contributed by atoms with Gasteiger partial charge in [0, 0.05) is 11.3 Å². The molecule has 1 aromatic carbocycles. The highest BCUT2D eigenvalue weighted by atomic mass is 32.2. The molecule has 0 saturated carbocycles. The summed E-state index contributed by atoms with van der Waals surface area (Å²) in [4.78, 5) is 22.1. The third-order valence-electron chi connectivity index (χ3n) is 1.87. The van der Waals surface area contributed by atoms with Gasteiger partial charge in [-0.2, -0.15) is 0 Å². The highest BCUT2D eigenvalue weighted by Gasteiger charge is 2.12. The zero-order valence-corrected chi connectivity index (χ0v) is 8.50. The lowest BCUT2D eigenvalue weighted by molar-refractivity contribution is -0.107. The number of benzene rings is 1. The summed E-state index contributed by atoms with van der Waals surface area (Å²) < 4.78 is 0. The van der Waals surface area contributed by atoms with Gasteiger partial charge in [-0.15, -0.1) is 11.8 Å². The molecule has 1 rings (SSSR count). The standard InChI is InChI=1S/C10H10O3S/c1-14-9-4-2-3-8(10(12)13)7(9)5-6-11/h2-4,6H,5H2,1H3,(H,12,13). The average Bonchev–Trinajstić information content (AvgIpc) is 2.18. The van der Waals surface area contributed by atoms with Gasteiger partial charge < -0.3 is 9.90 Å². The summed E-state index contributed by atoms with van der Waals surface area (Å²) in [5.41, 5.74) is 0.812. The summed E-state index contributed by atoms with van der Waals surface area (Å²) >= 11 is 1.44. The molecule has 1 N–H and O–H groups in total. The summed E-state index contributed by atoms with van der Waals surface area (Å²) in [6.45, 7) is 0. The number of carbonyl (C=O) groups excluding carboxylic acids is 1. The first-order valence-corrected chi connectivity index (χ1v) is 5.26. The number of carboxylic acids is 1. The first-order chi connectivity index (χ1) is 6.70. The number of aromatic carboxylic acids is 1. The second-order valence-corrected chi connectivity index (χ2v) is 3.51. The van der Waals surface area contributed by atoms with Gasteiger partial charge in [0.15, 0.2) is 0 Å². The van der Waals surface area contributed by atoms with Crippen molar-refractivity contribution in [2.24, 2.45) is 0 Å². The molecule has 0 saturated heterocycles. The van der Waals surface area contributed by atoms with Crippen LogP contribution >= 0.6 is 11.8 Å². The number of thioether (sulfide) groups is 1. The number of carbonyl (C=O) groups is 2. The van der Waals surface area contributed by atoms with E-state index in [-0.39, 0.29) is 12.0 Å². The Balaban J connectivity index is 3.27. The van der Waals surface area contributed by atoms with Gasteiger partial charge in [0.1, 0.15) is 6.29 Å². The Morgan fingerprint density at radius 2 is 2.29 bits per heavy atom. The molecule has 0 unspecified atom stereocenters. The minimum atomic E-state index is -0.988. The van der Waals surface area contributed by atoms with Crippen LogP contribution in [0.5, 0.6) is 0 Å². The summed E-state index contributed by atoms with van der Waals surface area (Å²) in [5.74, 6) is -0.988. The van der Waals surface area contributed by atoms with E-state index in [4.69, 9.17) is 5.11 Å². The van der Waals surface area contributed by atoms with Gasteiger partial charge in [-0.05, 0) is 24.0 Å². The van der Waals surface area contributed by atoms with Crippen LogP contribution in [-0.2, 0) is 11.2 Å². The molecule has 0 aliphatic rings. The monoisotopic (exact) mass is 210 g/mol. The molecule has 0 bridgehead atoms. The van der Waals surface area contributed by atoms with Crippen LogP contribution < -0.4 is 0 Å². The lowest BCUT2D eigenvalue weighted by Crippen LogP contribution is -2.04. The van der Waals surface area contributed by atoms with Gasteiger partial charge in [-0.3, -0.25) is 0 Å². The molecule has 0 amide bonds. The molecular weight excluding hydrogens is 200 g/mol. The number of aldehydes is 1. The van der Waals surface area contributed by atoms with E-state index in [1.54, 1.807) is 6.07 Å². The van der Waals surface area contributed by atoms with Gasteiger partial charge in [0.2, 0.25) is 0 Å². The van der Waals surface area contributed by atoms with Crippen molar-refractivity contribution in [1.29, 1.82) is 0 Å². The largest absolute Gasteiger partial charge is 0.478 e. The average molecular weight is 210 g/mol. The lowest BCUT2D eigenvalue weighted by Gasteiger charge is -2.07. The van der Waals surface area contributed by atoms with E-state index in [1.807, 2.05) is 12.3 Å². The van der Waals surface area contributed by atoms with Crippen LogP contribution in [-0.4, -0.2) is 23.6 Å². The molecule has 3 nitrogen and oxygen atoms in total. The van der Waals surface area contributed by atoms with Crippen LogP contribution in [0.2, 0.25) is 0 Å². The third-order valence-corrected chi connectivity index (χ3v) is 2.69. The molecule has 0 spiro atoms. The maximum atomic E-state index is 10.8. The van der Waals surface area contributed by atoms with Crippen LogP contribution in [0.4, 0.5) is 0 Å². The zero-order valence-electron chi connectivity index (χ0n) is 7.69. The van der Waals surface area contributed by atoms with E-state index in [2.05, 4.69) is 0 Å². The predicted octanol–water partition coefficient (Wildman–Crippen LogP) is 1.85. The quantitative estimate of drug-likeness (QED) is 0.608. The molecule has 0 fully saturated rings. The minimum Gasteiger partial charge on any atom is -0.478 e. The summed E-state index contributed by atoms with van der Waals surface area (Å²) in [7, 11) is 0. The number of hydrogen-bond donors (Lipinski definition) is 1. The fraction of sp³-hybridized carbons (Fsp3) is 0.200. The Morgan fingerprint density at radius 1 is 1.57 bits per heavy atom. The fourth-order valence-corrected chi connectivity index (χ4v) is 1.91. The normalized spacial score (nSPS) is 9.79. The SMILES string of the molecule is CSc1cccc(C(=O)O)c1CC=O. The van der Waals surface area contributed by atoms with E-state index >= 15 is 0 Å². The van der Waals surface area contributed by atoms with Crippen LogP contribution in [0.1, 0.15) is 15.9 Å². The van der Waals surface area contributed by atoms with E-state index in [9.17, 15) is 9.59 Å². The highest BCUT2D eigenvalue weighted by molar-refractivity contribution is 7.98. The maximum Gasteiger partial charge on any atom is 0.336 e. The Morgan fingerprint density at radius 3 is 2.79 bits per heavy atom. The Kier molecular flexibility index (Phi) is 3.71. The topological polar surface area (TPSA) is 54.4 Å². The molecule has 0 atom stereocenters. The number of hydrogen-bond acceptors (Lipinski definition) is 3. The fourth-order valence-electron chi connectivity index (χ4n) is 1.25. The molecule has 74 valence electrons. The predicted molar refractivity (Wildman–Crippen MR) is 55.0 cm³/mol. The zero-order chi connectivity index (χ0) is 10.6. The molecule has 0 heterocycles. The van der Waals surface area contributed by atoms with Crippen molar-refractivity contribution in [3.63, 3.8) is 0 Å². The third kappa shape index (κ3) is 2.14. The Bertz CT molecular complexity index is 360. The van der Waals surface area contributed by atoms with Crippen molar-refractivity contribution in [3.05, 3.63) is 29.3 Å². The second kappa shape index (κ2) is 4.81. The molecule has 0 radical (unpaired) electrons. The van der Waals surface area contributed by atoms with E-state index in [0.29, 0.717) is 5.56 Å². The Labute approximate surface area is 86.1 Å². The van der Waals surface area contributed by atoms with Gasteiger partial charge in [0.25, 0.3) is 0 Å². The van der Waals surface area contributed by atoms with Crippen LogP contribution in [0.3, 0.4) is 0 Å². The molecule has 4 heteroatoms.